The van der Waals surface area contributed by atoms with Gasteiger partial charge in [-0.25, -0.2) is 0 Å². The zero-order valence-electron chi connectivity index (χ0n) is 10.3. The lowest BCUT2D eigenvalue weighted by molar-refractivity contribution is 0.373. The lowest BCUT2D eigenvalue weighted by Crippen LogP contribution is -1.99. The van der Waals surface area contributed by atoms with Crippen molar-refractivity contribution in [3.63, 3.8) is 0 Å². The van der Waals surface area contributed by atoms with E-state index in [9.17, 15) is 5.11 Å². The second kappa shape index (κ2) is 6.17. The van der Waals surface area contributed by atoms with Gasteiger partial charge >= 0.3 is 0 Å². The van der Waals surface area contributed by atoms with Crippen LogP contribution in [0.15, 0.2) is 40.9 Å². The molecule has 0 amide bonds. The second-order valence-corrected chi connectivity index (χ2v) is 5.25. The Morgan fingerprint density at radius 2 is 2.05 bits per heavy atom. The van der Waals surface area contributed by atoms with Crippen LogP contribution in [0.3, 0.4) is 0 Å². The van der Waals surface area contributed by atoms with Crippen LogP contribution in [0.25, 0.3) is 0 Å². The lowest BCUT2D eigenvalue weighted by Gasteiger charge is -2.09. The number of phenolic OH excluding ortho intramolecular Hbond substituents is 1. The number of rotatable bonds is 4. The molecule has 5 heteroatoms. The second-order valence-electron chi connectivity index (χ2n) is 3.99. The van der Waals surface area contributed by atoms with Crippen LogP contribution in [0.5, 0.6) is 11.5 Å². The molecular weight excluding hydrogens is 330 g/mol. The van der Waals surface area contributed by atoms with Crippen molar-refractivity contribution >= 4 is 33.2 Å². The smallest absolute Gasteiger partial charge is 0.160 e. The molecule has 0 fully saturated rings. The van der Waals surface area contributed by atoms with E-state index in [-0.39, 0.29) is 5.75 Å². The zero-order valence-corrected chi connectivity index (χ0v) is 12.6. The predicted molar refractivity (Wildman–Crippen MR) is 81.1 cm³/mol. The van der Waals surface area contributed by atoms with Gasteiger partial charge in [-0.05, 0) is 45.8 Å². The number of methoxy groups -OCH3 is 1. The van der Waals surface area contributed by atoms with E-state index < -0.39 is 0 Å². The highest BCUT2D eigenvalue weighted by Gasteiger charge is 2.03. The Bertz CT molecular complexity index is 590. The molecule has 3 nitrogen and oxygen atoms in total. The maximum atomic E-state index is 9.68. The molecule has 0 saturated carbocycles. The van der Waals surface area contributed by atoms with Crippen molar-refractivity contribution in [2.75, 3.05) is 12.4 Å². The molecule has 19 heavy (non-hydrogen) atoms. The molecule has 0 aliphatic carbocycles. The summed E-state index contributed by atoms with van der Waals surface area (Å²) in [6.07, 6.45) is 0. The number of phenols is 1. The molecule has 0 saturated heterocycles. The van der Waals surface area contributed by atoms with E-state index >= 15 is 0 Å². The molecule has 0 aliphatic heterocycles. The van der Waals surface area contributed by atoms with E-state index in [0.29, 0.717) is 17.3 Å². The highest BCUT2D eigenvalue weighted by molar-refractivity contribution is 9.10. The Morgan fingerprint density at radius 3 is 2.68 bits per heavy atom. The van der Waals surface area contributed by atoms with Crippen LogP contribution in [0.1, 0.15) is 5.56 Å². The summed E-state index contributed by atoms with van der Waals surface area (Å²) in [6, 6.07) is 11.0. The highest BCUT2D eigenvalue weighted by atomic mass is 79.9. The van der Waals surface area contributed by atoms with Gasteiger partial charge in [0.25, 0.3) is 0 Å². The number of nitrogens with one attached hydrogen (secondary N) is 1. The van der Waals surface area contributed by atoms with Gasteiger partial charge in [0.05, 0.1) is 12.1 Å². The number of hydrogen-bond acceptors (Lipinski definition) is 3. The molecule has 0 atom stereocenters. The zero-order chi connectivity index (χ0) is 13.8. The lowest BCUT2D eigenvalue weighted by atomic mass is 10.2. The van der Waals surface area contributed by atoms with Crippen molar-refractivity contribution in [2.24, 2.45) is 0 Å². The van der Waals surface area contributed by atoms with Gasteiger partial charge < -0.3 is 15.2 Å². The minimum Gasteiger partial charge on any atom is -0.504 e. The molecule has 0 radical (unpaired) electrons. The number of aromatic hydroxyl groups is 1. The first-order chi connectivity index (χ1) is 9.10. The van der Waals surface area contributed by atoms with Gasteiger partial charge in [0.15, 0.2) is 11.5 Å². The number of benzene rings is 2. The number of hydrogen-bond donors (Lipinski definition) is 2. The SMILES string of the molecule is COc1ccc(NCc2ccc(Br)c(Cl)c2)cc1O. The minimum absolute atomic E-state index is 0.112. The Kier molecular flexibility index (Phi) is 4.56. The molecule has 0 aromatic heterocycles. The molecule has 100 valence electrons. The Labute approximate surface area is 125 Å². The van der Waals surface area contributed by atoms with Crippen LogP contribution in [-0.2, 0) is 6.54 Å². The van der Waals surface area contributed by atoms with E-state index in [1.54, 1.807) is 12.1 Å². The normalized spacial score (nSPS) is 10.3. The van der Waals surface area contributed by atoms with Crippen molar-refractivity contribution in [3.8, 4) is 11.5 Å². The number of ether oxygens (including phenoxy) is 1. The fourth-order valence-corrected chi connectivity index (χ4v) is 2.10. The summed E-state index contributed by atoms with van der Waals surface area (Å²) in [6.45, 7) is 0.624. The van der Waals surface area contributed by atoms with E-state index in [1.165, 1.54) is 7.11 Å². The van der Waals surface area contributed by atoms with Crippen molar-refractivity contribution in [3.05, 3.63) is 51.5 Å². The van der Waals surface area contributed by atoms with Crippen molar-refractivity contribution in [2.45, 2.75) is 6.54 Å². The van der Waals surface area contributed by atoms with Crippen LogP contribution >= 0.6 is 27.5 Å². The summed E-state index contributed by atoms with van der Waals surface area (Å²) in [5.41, 5.74) is 1.88. The fraction of sp³-hybridized carbons (Fsp3) is 0.143. The molecule has 0 aliphatic rings. The predicted octanol–water partition coefficient (Wildman–Crippen LogP) is 4.43. The summed E-state index contributed by atoms with van der Waals surface area (Å²) in [5.74, 6) is 0.568. The minimum atomic E-state index is 0.112. The van der Waals surface area contributed by atoms with Crippen molar-refractivity contribution < 1.29 is 9.84 Å². The Balaban J connectivity index is 2.05. The first-order valence-corrected chi connectivity index (χ1v) is 6.82. The van der Waals surface area contributed by atoms with Crippen LogP contribution in [0.4, 0.5) is 5.69 Å². The molecule has 0 unspecified atom stereocenters. The van der Waals surface area contributed by atoms with Gasteiger partial charge in [-0.2, -0.15) is 0 Å². The number of halogens is 2. The quantitative estimate of drug-likeness (QED) is 0.863. The van der Waals surface area contributed by atoms with Gasteiger partial charge in [0.2, 0.25) is 0 Å². The van der Waals surface area contributed by atoms with Crippen molar-refractivity contribution in [1.29, 1.82) is 0 Å². The molecule has 2 N–H and O–H groups in total. The van der Waals surface area contributed by atoms with Crippen LogP contribution in [0.2, 0.25) is 5.02 Å². The Hall–Kier alpha value is -1.39. The third kappa shape index (κ3) is 3.55. The summed E-state index contributed by atoms with van der Waals surface area (Å²) < 4.78 is 5.87. The maximum Gasteiger partial charge on any atom is 0.160 e. The topological polar surface area (TPSA) is 41.5 Å². The highest BCUT2D eigenvalue weighted by Crippen LogP contribution is 2.29. The summed E-state index contributed by atoms with van der Waals surface area (Å²) in [7, 11) is 1.52. The molecular formula is C14H13BrClNO2. The van der Waals surface area contributed by atoms with Gasteiger partial charge in [-0.3, -0.25) is 0 Å². The monoisotopic (exact) mass is 341 g/mol. The van der Waals surface area contributed by atoms with Gasteiger partial charge in [0, 0.05) is 22.8 Å². The van der Waals surface area contributed by atoms with Crippen LogP contribution < -0.4 is 10.1 Å². The molecule has 2 rings (SSSR count). The third-order valence-corrected chi connectivity index (χ3v) is 3.89. The average Bonchev–Trinajstić information content (AvgIpc) is 2.40. The molecule has 0 spiro atoms. The Morgan fingerprint density at radius 1 is 1.26 bits per heavy atom. The number of anilines is 1. The van der Waals surface area contributed by atoms with Crippen molar-refractivity contribution in [1.82, 2.24) is 0 Å². The molecule has 0 heterocycles. The van der Waals surface area contributed by atoms with E-state index in [2.05, 4.69) is 21.2 Å². The molecule has 0 bridgehead atoms. The standard InChI is InChI=1S/C14H13BrClNO2/c1-19-14-5-3-10(7-13(14)18)17-8-9-2-4-11(15)12(16)6-9/h2-7,17-18H,8H2,1H3. The molecule has 2 aromatic rings. The first kappa shape index (κ1) is 14.0. The van der Waals surface area contributed by atoms with Crippen LogP contribution in [-0.4, -0.2) is 12.2 Å². The largest absolute Gasteiger partial charge is 0.504 e. The summed E-state index contributed by atoms with van der Waals surface area (Å²) >= 11 is 9.38. The summed E-state index contributed by atoms with van der Waals surface area (Å²) in [5, 5.41) is 13.6. The third-order valence-electron chi connectivity index (χ3n) is 2.66. The molecule has 2 aromatic carbocycles. The van der Waals surface area contributed by atoms with E-state index in [0.717, 1.165) is 15.7 Å². The van der Waals surface area contributed by atoms with Gasteiger partial charge in [-0.1, -0.05) is 17.7 Å². The van der Waals surface area contributed by atoms with Crippen LogP contribution in [0, 0.1) is 0 Å². The first-order valence-electron chi connectivity index (χ1n) is 5.65. The fourth-order valence-electron chi connectivity index (χ4n) is 1.65. The summed E-state index contributed by atoms with van der Waals surface area (Å²) in [4.78, 5) is 0. The van der Waals surface area contributed by atoms with Gasteiger partial charge in [-0.15, -0.1) is 0 Å². The maximum absolute atomic E-state index is 9.68. The van der Waals surface area contributed by atoms with E-state index in [1.807, 2.05) is 24.3 Å². The average molecular weight is 343 g/mol. The van der Waals surface area contributed by atoms with E-state index in [4.69, 9.17) is 16.3 Å². The van der Waals surface area contributed by atoms with Gasteiger partial charge in [0.1, 0.15) is 0 Å².